The number of anilines is 2. The second-order valence-corrected chi connectivity index (χ2v) is 10.4. The van der Waals surface area contributed by atoms with Gasteiger partial charge in [-0.15, -0.1) is 0 Å². The molecule has 2 aromatic carbocycles. The van der Waals surface area contributed by atoms with Crippen molar-refractivity contribution in [3.05, 3.63) is 51.1 Å². The molecule has 0 bridgehead atoms. The van der Waals surface area contributed by atoms with Gasteiger partial charge in [-0.1, -0.05) is 31.9 Å². The smallest absolute Gasteiger partial charge is 0.0905 e. The van der Waals surface area contributed by atoms with E-state index in [1.54, 1.807) is 0 Å². The Morgan fingerprint density at radius 2 is 0.870 bits per heavy atom. The molecular weight excluding hydrogens is 688 g/mol. The second-order valence-electron chi connectivity index (χ2n) is 5.10. The summed E-state index contributed by atoms with van der Waals surface area (Å²) in [6, 6.07) is 8.31. The van der Waals surface area contributed by atoms with Gasteiger partial charge in [-0.2, -0.15) is 0 Å². The molecule has 1 saturated heterocycles. The van der Waals surface area contributed by atoms with Crippen LogP contribution >= 0.6 is 95.6 Å². The van der Waals surface area contributed by atoms with E-state index in [1.165, 1.54) is 11.4 Å². The van der Waals surface area contributed by atoms with Crippen LogP contribution in [-0.2, 0) is 0 Å². The van der Waals surface area contributed by atoms with Crippen molar-refractivity contribution in [3.63, 3.8) is 0 Å². The Kier molecular flexibility index (Phi) is 6.23. The van der Waals surface area contributed by atoms with E-state index >= 15 is 0 Å². The molecule has 2 aromatic rings. The minimum absolute atomic E-state index is 0.831. The zero-order chi connectivity index (χ0) is 16.7. The predicted molar refractivity (Wildman–Crippen MR) is 119 cm³/mol. The molecule has 1 fully saturated rings. The van der Waals surface area contributed by atoms with Gasteiger partial charge in [0, 0.05) is 39.9 Å². The van der Waals surface area contributed by atoms with Crippen LogP contribution in [-0.4, -0.2) is 19.8 Å². The van der Waals surface area contributed by atoms with E-state index in [4.69, 9.17) is 0 Å². The third-order valence-electron chi connectivity index (χ3n) is 3.58. The van der Waals surface area contributed by atoms with E-state index < -0.39 is 0 Å². The molecule has 0 amide bonds. The Morgan fingerprint density at radius 1 is 0.565 bits per heavy atom. The lowest BCUT2D eigenvalue weighted by Gasteiger charge is -2.25. The Balaban J connectivity index is 1.91. The summed E-state index contributed by atoms with van der Waals surface area (Å²) in [5.74, 6) is 0. The van der Waals surface area contributed by atoms with E-state index in [1.807, 2.05) is 0 Å². The van der Waals surface area contributed by atoms with Crippen molar-refractivity contribution in [1.82, 2.24) is 0 Å². The Labute approximate surface area is 185 Å². The lowest BCUT2D eigenvalue weighted by molar-refractivity contribution is 0.939. The van der Waals surface area contributed by atoms with Crippen LogP contribution in [0.5, 0.6) is 0 Å². The highest BCUT2D eigenvalue weighted by atomic mass is 79.9. The maximum Gasteiger partial charge on any atom is 0.0905 e. The number of halogens is 6. The molecule has 0 aliphatic carbocycles. The van der Waals surface area contributed by atoms with Crippen molar-refractivity contribution >= 4 is 107 Å². The lowest BCUT2D eigenvalue weighted by Crippen LogP contribution is -2.26. The molecule has 3 rings (SSSR count). The molecule has 1 heterocycles. The van der Waals surface area contributed by atoms with Gasteiger partial charge in [-0.25, -0.2) is 0 Å². The number of rotatable bonds is 2. The van der Waals surface area contributed by atoms with E-state index in [0.717, 1.165) is 46.6 Å². The molecule has 0 spiro atoms. The fourth-order valence-corrected chi connectivity index (χ4v) is 8.15. The molecule has 122 valence electrons. The molecule has 1 aliphatic rings. The van der Waals surface area contributed by atoms with Gasteiger partial charge in [-0.05, 0) is 88.0 Å². The van der Waals surface area contributed by atoms with Crippen molar-refractivity contribution in [2.24, 2.45) is 0 Å². The first-order valence-corrected chi connectivity index (χ1v) is 11.4. The number of benzene rings is 2. The Morgan fingerprint density at radius 3 is 1.17 bits per heavy atom. The van der Waals surface area contributed by atoms with Crippen molar-refractivity contribution in [1.29, 1.82) is 0 Å². The van der Waals surface area contributed by atoms with Gasteiger partial charge in [0.15, 0.2) is 0 Å². The quantitative estimate of drug-likeness (QED) is 0.320. The highest BCUT2D eigenvalue weighted by molar-refractivity contribution is 9.12. The van der Waals surface area contributed by atoms with Crippen LogP contribution in [0.1, 0.15) is 0 Å². The van der Waals surface area contributed by atoms with E-state index in [0.29, 0.717) is 0 Å². The van der Waals surface area contributed by atoms with Gasteiger partial charge in [-0.3, -0.25) is 0 Å². The van der Waals surface area contributed by atoms with Gasteiger partial charge in [0.25, 0.3) is 0 Å². The van der Waals surface area contributed by atoms with Gasteiger partial charge in [0.1, 0.15) is 0 Å². The van der Waals surface area contributed by atoms with E-state index in [-0.39, 0.29) is 0 Å². The lowest BCUT2D eigenvalue weighted by atomic mass is 10.3. The van der Waals surface area contributed by atoms with Crippen LogP contribution < -0.4 is 9.80 Å². The summed E-state index contributed by atoms with van der Waals surface area (Å²) in [6.45, 7) is 2.76. The van der Waals surface area contributed by atoms with Crippen molar-refractivity contribution < 1.29 is 0 Å². The first-order valence-electron chi connectivity index (χ1n) is 6.66. The van der Waals surface area contributed by atoms with Crippen LogP contribution in [0.25, 0.3) is 0 Å². The third kappa shape index (κ3) is 4.03. The standard InChI is InChI=1S/C15H10Br6N2/c16-8-3-10(18)14(11(19)4-8)22-1-2-23(7-22)15-12(20)5-9(17)6-13(15)21/h3-6H,1-2,7H2. The second kappa shape index (κ2) is 7.66. The fourth-order valence-electron chi connectivity index (χ4n) is 2.63. The van der Waals surface area contributed by atoms with Crippen molar-refractivity contribution in [2.45, 2.75) is 0 Å². The number of hydrogen-bond donors (Lipinski definition) is 0. The maximum atomic E-state index is 3.68. The summed E-state index contributed by atoms with van der Waals surface area (Å²) >= 11 is 21.8. The van der Waals surface area contributed by atoms with Gasteiger partial charge in [0.2, 0.25) is 0 Å². The molecule has 0 unspecified atom stereocenters. The van der Waals surface area contributed by atoms with Gasteiger partial charge < -0.3 is 9.80 Å². The normalized spacial score (nSPS) is 14.7. The monoisotopic (exact) mass is 692 g/mol. The number of nitrogens with zero attached hydrogens (tertiary/aromatic N) is 2. The summed E-state index contributed by atoms with van der Waals surface area (Å²) in [7, 11) is 0. The molecule has 0 atom stereocenters. The first-order chi connectivity index (χ1) is 10.9. The molecule has 23 heavy (non-hydrogen) atoms. The summed E-state index contributed by atoms with van der Waals surface area (Å²) in [5, 5.41) is 0. The molecule has 0 N–H and O–H groups in total. The average molecular weight is 698 g/mol. The fraction of sp³-hybridized carbons (Fsp3) is 0.200. The summed E-state index contributed by atoms with van der Waals surface area (Å²) in [6.07, 6.45) is 0. The molecule has 0 saturated carbocycles. The number of hydrogen-bond acceptors (Lipinski definition) is 2. The third-order valence-corrected chi connectivity index (χ3v) is 6.91. The predicted octanol–water partition coefficient (Wildman–Crippen LogP) is 7.55. The topological polar surface area (TPSA) is 6.48 Å². The zero-order valence-corrected chi connectivity index (χ0v) is 21.1. The molecule has 1 aliphatic heterocycles. The summed E-state index contributed by atoms with van der Waals surface area (Å²) in [5.41, 5.74) is 2.36. The van der Waals surface area contributed by atoms with Gasteiger partial charge in [0.05, 0.1) is 18.0 Å². The molecular formula is C15H10Br6N2. The maximum absolute atomic E-state index is 3.68. The van der Waals surface area contributed by atoms with Crippen LogP contribution in [0, 0.1) is 0 Å². The van der Waals surface area contributed by atoms with E-state index in [9.17, 15) is 0 Å². The average Bonchev–Trinajstić information content (AvgIpc) is 2.85. The highest BCUT2D eigenvalue weighted by Crippen LogP contribution is 2.41. The van der Waals surface area contributed by atoms with Gasteiger partial charge >= 0.3 is 0 Å². The Bertz CT molecular complexity index is 654. The van der Waals surface area contributed by atoms with Crippen LogP contribution in [0.3, 0.4) is 0 Å². The largest absolute Gasteiger partial charge is 0.350 e. The molecule has 8 heteroatoms. The Hall–Kier alpha value is 0.920. The SMILES string of the molecule is Brc1cc(Br)c(N2CCN(c3c(Br)cc(Br)cc3Br)C2)c(Br)c1. The minimum Gasteiger partial charge on any atom is -0.350 e. The summed E-state index contributed by atoms with van der Waals surface area (Å²) in [4.78, 5) is 4.73. The zero-order valence-electron chi connectivity index (χ0n) is 11.6. The van der Waals surface area contributed by atoms with E-state index in [2.05, 4.69) is 130 Å². The van der Waals surface area contributed by atoms with Crippen molar-refractivity contribution in [2.75, 3.05) is 29.6 Å². The summed E-state index contributed by atoms with van der Waals surface area (Å²) < 4.78 is 6.41. The first kappa shape index (κ1) is 18.7. The van der Waals surface area contributed by atoms with Crippen LogP contribution in [0.2, 0.25) is 0 Å². The van der Waals surface area contributed by atoms with Crippen LogP contribution in [0.4, 0.5) is 11.4 Å². The highest BCUT2D eigenvalue weighted by Gasteiger charge is 2.26. The van der Waals surface area contributed by atoms with Crippen molar-refractivity contribution in [3.8, 4) is 0 Å². The van der Waals surface area contributed by atoms with Crippen LogP contribution in [0.15, 0.2) is 51.1 Å². The molecule has 0 radical (unpaired) electrons. The minimum atomic E-state index is 0.831. The molecule has 2 nitrogen and oxygen atoms in total. The molecule has 0 aromatic heterocycles.